The molecule has 3 heteroatoms. The van der Waals surface area contributed by atoms with E-state index in [-0.39, 0.29) is 16.9 Å². The van der Waals surface area contributed by atoms with Crippen LogP contribution in [0.2, 0.25) is 0 Å². The van der Waals surface area contributed by atoms with Gasteiger partial charge in [-0.2, -0.15) is 0 Å². The summed E-state index contributed by atoms with van der Waals surface area (Å²) in [6.07, 6.45) is 1.68. The molecule has 0 saturated heterocycles. The van der Waals surface area contributed by atoms with Gasteiger partial charge in [0.25, 0.3) is 0 Å². The number of hydrogen-bond donors (Lipinski definition) is 2. The predicted octanol–water partition coefficient (Wildman–Crippen LogP) is 0.508. The maximum atomic E-state index is 10.9. The van der Waals surface area contributed by atoms with Gasteiger partial charge in [0, 0.05) is 11.8 Å². The monoisotopic (exact) mass is 172 g/mol. The maximum Gasteiger partial charge on any atom is 0.307 e. The molecular formula is C9H18NO2+. The van der Waals surface area contributed by atoms with E-state index in [4.69, 9.17) is 5.11 Å². The zero-order valence-corrected chi connectivity index (χ0v) is 8.05. The Morgan fingerprint density at radius 1 is 1.50 bits per heavy atom. The standard InChI is InChI=1S/C9H17NO2/c1-8(2)6(7(11)12)4-5-9(8,3)10/h6H,4-5,10H2,1-3H3,(H,11,12)/p+1/t6-,9-/m1/s1. The first-order valence-corrected chi connectivity index (χ1v) is 4.37. The van der Waals surface area contributed by atoms with Crippen LogP contribution >= 0.6 is 0 Å². The van der Waals surface area contributed by atoms with Crippen LogP contribution in [0.15, 0.2) is 0 Å². The summed E-state index contributed by atoms with van der Waals surface area (Å²) in [6, 6.07) is 0. The average Bonchev–Trinajstić information content (AvgIpc) is 2.03. The van der Waals surface area contributed by atoms with Crippen molar-refractivity contribution >= 4 is 5.97 Å². The van der Waals surface area contributed by atoms with Crippen LogP contribution < -0.4 is 5.73 Å². The fraction of sp³-hybridized carbons (Fsp3) is 0.889. The Labute approximate surface area is 72.9 Å². The van der Waals surface area contributed by atoms with Gasteiger partial charge in [-0.1, -0.05) is 13.8 Å². The van der Waals surface area contributed by atoms with Crippen LogP contribution in [0, 0.1) is 11.3 Å². The molecule has 1 saturated carbocycles. The largest absolute Gasteiger partial charge is 0.481 e. The first kappa shape index (κ1) is 9.52. The fourth-order valence-corrected chi connectivity index (χ4v) is 2.00. The lowest BCUT2D eigenvalue weighted by Gasteiger charge is -2.33. The number of carbonyl (C=O) groups is 1. The molecule has 0 spiro atoms. The highest BCUT2D eigenvalue weighted by Crippen LogP contribution is 2.47. The van der Waals surface area contributed by atoms with Crippen molar-refractivity contribution in [3.8, 4) is 0 Å². The smallest absolute Gasteiger partial charge is 0.307 e. The molecule has 4 N–H and O–H groups in total. The van der Waals surface area contributed by atoms with Gasteiger partial charge in [0.05, 0.1) is 11.5 Å². The molecule has 0 aromatic heterocycles. The van der Waals surface area contributed by atoms with Crippen molar-refractivity contribution in [2.45, 2.75) is 39.2 Å². The van der Waals surface area contributed by atoms with Gasteiger partial charge in [-0.3, -0.25) is 4.79 Å². The maximum absolute atomic E-state index is 10.9. The molecule has 1 aliphatic carbocycles. The first-order chi connectivity index (χ1) is 5.29. The second kappa shape index (κ2) is 2.46. The molecule has 0 aliphatic heterocycles. The molecule has 70 valence electrons. The molecule has 1 fully saturated rings. The summed E-state index contributed by atoms with van der Waals surface area (Å²) >= 11 is 0. The molecule has 3 nitrogen and oxygen atoms in total. The average molecular weight is 172 g/mol. The molecule has 0 unspecified atom stereocenters. The summed E-state index contributed by atoms with van der Waals surface area (Å²) in [5.41, 5.74) is 3.82. The van der Waals surface area contributed by atoms with Crippen LogP contribution in [0.5, 0.6) is 0 Å². The van der Waals surface area contributed by atoms with Gasteiger partial charge in [0.2, 0.25) is 0 Å². The van der Waals surface area contributed by atoms with Crippen LogP contribution in [-0.4, -0.2) is 16.6 Å². The number of carboxylic acid groups (broad SMARTS) is 1. The van der Waals surface area contributed by atoms with E-state index in [0.29, 0.717) is 0 Å². The van der Waals surface area contributed by atoms with E-state index in [2.05, 4.69) is 12.7 Å². The molecule has 0 radical (unpaired) electrons. The normalized spacial score (nSPS) is 39.8. The number of carboxylic acids is 1. The fourth-order valence-electron chi connectivity index (χ4n) is 2.00. The number of quaternary nitrogens is 1. The van der Waals surface area contributed by atoms with Crippen LogP contribution in [0.1, 0.15) is 33.6 Å². The molecule has 1 aliphatic rings. The summed E-state index contributed by atoms with van der Waals surface area (Å²) < 4.78 is 0. The summed E-state index contributed by atoms with van der Waals surface area (Å²) in [6.45, 7) is 6.06. The van der Waals surface area contributed by atoms with Crippen molar-refractivity contribution < 1.29 is 15.6 Å². The molecule has 1 rings (SSSR count). The van der Waals surface area contributed by atoms with Crippen LogP contribution in [0.4, 0.5) is 0 Å². The third kappa shape index (κ3) is 1.12. The van der Waals surface area contributed by atoms with Crippen molar-refractivity contribution in [3.63, 3.8) is 0 Å². The van der Waals surface area contributed by atoms with Gasteiger partial charge < -0.3 is 10.8 Å². The molecule has 2 atom stereocenters. The van der Waals surface area contributed by atoms with Crippen molar-refractivity contribution in [1.29, 1.82) is 0 Å². The Morgan fingerprint density at radius 3 is 2.17 bits per heavy atom. The molecular weight excluding hydrogens is 154 g/mol. The minimum Gasteiger partial charge on any atom is -0.481 e. The Balaban J connectivity index is 2.93. The van der Waals surface area contributed by atoms with E-state index in [1.807, 2.05) is 13.8 Å². The minimum atomic E-state index is -0.674. The van der Waals surface area contributed by atoms with Crippen LogP contribution in [-0.2, 0) is 4.79 Å². The summed E-state index contributed by atoms with van der Waals surface area (Å²) in [5.74, 6) is -0.896. The first-order valence-electron chi connectivity index (χ1n) is 4.37. The quantitative estimate of drug-likeness (QED) is 0.605. The van der Waals surface area contributed by atoms with Crippen molar-refractivity contribution in [2.75, 3.05) is 0 Å². The number of hydrogen-bond acceptors (Lipinski definition) is 1. The second-order valence-corrected chi connectivity index (χ2v) is 4.71. The third-order valence-corrected chi connectivity index (χ3v) is 3.71. The van der Waals surface area contributed by atoms with Gasteiger partial charge in [0.1, 0.15) is 0 Å². The molecule has 0 amide bonds. The Morgan fingerprint density at radius 2 is 2.00 bits per heavy atom. The van der Waals surface area contributed by atoms with E-state index in [1.165, 1.54) is 0 Å². The second-order valence-electron chi connectivity index (χ2n) is 4.71. The highest BCUT2D eigenvalue weighted by molar-refractivity contribution is 5.71. The lowest BCUT2D eigenvalue weighted by Crippen LogP contribution is -2.76. The van der Waals surface area contributed by atoms with E-state index in [0.717, 1.165) is 12.8 Å². The molecule has 12 heavy (non-hydrogen) atoms. The zero-order valence-electron chi connectivity index (χ0n) is 8.05. The lowest BCUT2D eigenvalue weighted by atomic mass is 9.72. The van der Waals surface area contributed by atoms with Gasteiger partial charge in [-0.25, -0.2) is 0 Å². The predicted molar refractivity (Wildman–Crippen MR) is 45.4 cm³/mol. The summed E-state index contributed by atoms with van der Waals surface area (Å²) in [5, 5.41) is 8.95. The lowest BCUT2D eigenvalue weighted by molar-refractivity contribution is -0.494. The number of rotatable bonds is 1. The topological polar surface area (TPSA) is 64.9 Å². The van der Waals surface area contributed by atoms with Crippen molar-refractivity contribution in [1.82, 2.24) is 0 Å². The van der Waals surface area contributed by atoms with Crippen molar-refractivity contribution in [2.24, 2.45) is 11.3 Å². The SMILES string of the molecule is CC1(C)[C@@H](C(=O)O)CC[C@@]1(C)[NH3+]. The van der Waals surface area contributed by atoms with E-state index >= 15 is 0 Å². The van der Waals surface area contributed by atoms with Crippen LogP contribution in [0.25, 0.3) is 0 Å². The van der Waals surface area contributed by atoms with Gasteiger partial charge in [-0.05, 0) is 13.3 Å². The molecule has 0 aromatic rings. The van der Waals surface area contributed by atoms with Gasteiger partial charge in [-0.15, -0.1) is 0 Å². The third-order valence-electron chi connectivity index (χ3n) is 3.71. The van der Waals surface area contributed by atoms with Gasteiger partial charge >= 0.3 is 5.97 Å². The number of aliphatic carboxylic acids is 1. The summed E-state index contributed by atoms with van der Waals surface area (Å²) in [7, 11) is 0. The van der Waals surface area contributed by atoms with E-state index in [9.17, 15) is 4.79 Å². The van der Waals surface area contributed by atoms with E-state index < -0.39 is 5.97 Å². The highest BCUT2D eigenvalue weighted by atomic mass is 16.4. The Bertz CT molecular complexity index is 209. The Kier molecular flexibility index (Phi) is 1.95. The molecule has 0 aromatic carbocycles. The summed E-state index contributed by atoms with van der Waals surface area (Å²) in [4.78, 5) is 10.9. The van der Waals surface area contributed by atoms with Gasteiger partial charge in [0.15, 0.2) is 0 Å². The van der Waals surface area contributed by atoms with Crippen molar-refractivity contribution in [3.05, 3.63) is 0 Å². The zero-order chi connectivity index (χ0) is 9.57. The van der Waals surface area contributed by atoms with E-state index in [1.54, 1.807) is 0 Å². The molecule has 0 bridgehead atoms. The molecule has 0 heterocycles. The van der Waals surface area contributed by atoms with Crippen LogP contribution in [0.3, 0.4) is 0 Å². The highest BCUT2D eigenvalue weighted by Gasteiger charge is 2.55. The Hall–Kier alpha value is -0.570. The minimum absolute atomic E-state index is 0.0872.